The van der Waals surface area contributed by atoms with E-state index in [2.05, 4.69) is 5.48 Å². The molecular formula is C12H12Cl5NO3. The minimum absolute atomic E-state index is 0.0208. The molecule has 0 bridgehead atoms. The van der Waals surface area contributed by atoms with Gasteiger partial charge in [0.15, 0.2) is 5.75 Å². The van der Waals surface area contributed by atoms with Gasteiger partial charge in [0.05, 0.1) is 16.7 Å². The fourth-order valence-corrected chi connectivity index (χ4v) is 1.96. The summed E-state index contributed by atoms with van der Waals surface area (Å²) in [4.78, 5) is 4.87. The van der Waals surface area contributed by atoms with Crippen LogP contribution in [-0.4, -0.2) is 22.1 Å². The molecule has 1 aromatic carbocycles. The zero-order valence-electron chi connectivity index (χ0n) is 10.6. The minimum Gasteiger partial charge on any atom is -0.508 e. The summed E-state index contributed by atoms with van der Waals surface area (Å²) in [7, 11) is 0. The van der Waals surface area contributed by atoms with E-state index in [0.29, 0.717) is 18.8 Å². The summed E-state index contributed by atoms with van der Waals surface area (Å²) >= 11 is 28.3. The van der Waals surface area contributed by atoms with Crippen LogP contribution in [0.5, 0.6) is 11.5 Å². The molecule has 0 unspecified atom stereocenters. The number of hydrogen-bond donors (Lipinski definition) is 2. The highest BCUT2D eigenvalue weighted by atomic mass is 35.6. The first kappa shape index (κ1) is 18.8. The van der Waals surface area contributed by atoms with Gasteiger partial charge in [0.2, 0.25) is 3.79 Å². The molecule has 0 spiro atoms. The van der Waals surface area contributed by atoms with Gasteiger partial charge in [0, 0.05) is 24.8 Å². The number of aromatic hydroxyl groups is 1. The Morgan fingerprint density at radius 3 is 2.38 bits per heavy atom. The third-order valence-electron chi connectivity index (χ3n) is 2.02. The predicted molar refractivity (Wildman–Crippen MR) is 86.8 cm³/mol. The van der Waals surface area contributed by atoms with Crippen LogP contribution in [-0.2, 0) is 4.84 Å². The van der Waals surface area contributed by atoms with Gasteiger partial charge in [-0.3, -0.25) is 10.3 Å². The number of phenols is 1. The average molecular weight is 395 g/mol. The molecule has 0 saturated heterocycles. The number of benzene rings is 1. The first-order valence-corrected chi connectivity index (χ1v) is 7.58. The number of phenolic OH excluding ortho intramolecular Hbond substituents is 1. The Morgan fingerprint density at radius 1 is 1.19 bits per heavy atom. The zero-order valence-corrected chi connectivity index (χ0v) is 14.4. The summed E-state index contributed by atoms with van der Waals surface area (Å²) in [5, 5.41) is 9.77. The molecule has 1 aromatic rings. The van der Waals surface area contributed by atoms with Gasteiger partial charge in [-0.15, -0.1) is 0 Å². The number of rotatable bonds is 7. The van der Waals surface area contributed by atoms with Crippen LogP contribution in [0.4, 0.5) is 0 Å². The Labute approximate surface area is 147 Å². The van der Waals surface area contributed by atoms with E-state index in [1.54, 1.807) is 12.3 Å². The lowest BCUT2D eigenvalue weighted by molar-refractivity contribution is 0.0752. The molecule has 0 aliphatic rings. The first-order valence-electron chi connectivity index (χ1n) is 5.69. The zero-order chi connectivity index (χ0) is 15.9. The molecular weight excluding hydrogens is 383 g/mol. The lowest BCUT2D eigenvalue weighted by Gasteiger charge is -2.10. The van der Waals surface area contributed by atoms with Crippen molar-refractivity contribution in [3.05, 3.63) is 34.5 Å². The lowest BCUT2D eigenvalue weighted by Crippen LogP contribution is -2.18. The van der Waals surface area contributed by atoms with Gasteiger partial charge in [-0.1, -0.05) is 64.1 Å². The van der Waals surface area contributed by atoms with Gasteiger partial charge in [0.1, 0.15) is 12.4 Å². The maximum atomic E-state index is 9.28. The summed E-state index contributed by atoms with van der Waals surface area (Å²) in [5.74, 6) is 0.303. The van der Waals surface area contributed by atoms with E-state index < -0.39 is 3.79 Å². The molecule has 0 heterocycles. The largest absolute Gasteiger partial charge is 0.508 e. The van der Waals surface area contributed by atoms with Crippen molar-refractivity contribution in [2.75, 3.05) is 13.2 Å². The second-order valence-electron chi connectivity index (χ2n) is 3.80. The second-order valence-corrected chi connectivity index (χ2v) is 7.13. The molecule has 0 radical (unpaired) electrons. The van der Waals surface area contributed by atoms with Crippen LogP contribution in [0.2, 0.25) is 10.0 Å². The molecule has 0 amide bonds. The Hall–Kier alpha value is -0.230. The maximum Gasteiger partial charge on any atom is 0.216 e. The summed E-state index contributed by atoms with van der Waals surface area (Å²) in [6.07, 6.45) is 3.86. The molecule has 0 fully saturated rings. The van der Waals surface area contributed by atoms with Crippen molar-refractivity contribution in [1.82, 2.24) is 5.48 Å². The van der Waals surface area contributed by atoms with E-state index in [9.17, 15) is 5.11 Å². The smallest absolute Gasteiger partial charge is 0.216 e. The number of halogens is 5. The third-order valence-corrected chi connectivity index (χ3v) is 2.91. The maximum absolute atomic E-state index is 9.28. The summed E-state index contributed by atoms with van der Waals surface area (Å²) in [6.45, 7) is 0.254. The van der Waals surface area contributed by atoms with Crippen molar-refractivity contribution in [3.63, 3.8) is 0 Å². The van der Waals surface area contributed by atoms with E-state index in [1.807, 2.05) is 0 Å². The van der Waals surface area contributed by atoms with Gasteiger partial charge < -0.3 is 9.84 Å². The average Bonchev–Trinajstić information content (AvgIpc) is 2.33. The molecule has 0 aromatic heterocycles. The van der Waals surface area contributed by atoms with Crippen LogP contribution in [0, 0.1) is 0 Å². The summed E-state index contributed by atoms with van der Waals surface area (Å²) in [6, 6.07) is 2.70. The lowest BCUT2D eigenvalue weighted by atomic mass is 10.3. The van der Waals surface area contributed by atoms with E-state index in [-0.39, 0.29) is 22.4 Å². The molecule has 0 aliphatic heterocycles. The molecule has 9 heteroatoms. The summed E-state index contributed by atoms with van der Waals surface area (Å²) in [5.41, 5.74) is 2.50. The highest BCUT2D eigenvalue weighted by Gasteiger charge is 2.19. The SMILES string of the molecule is Oc1cc(Cl)c(OCCC=CNOCC(Cl)(Cl)Cl)c(Cl)c1. The van der Waals surface area contributed by atoms with E-state index in [4.69, 9.17) is 67.6 Å². The summed E-state index contributed by atoms with van der Waals surface area (Å²) < 4.78 is 3.96. The number of alkyl halides is 3. The molecule has 118 valence electrons. The van der Waals surface area contributed by atoms with Crippen LogP contribution >= 0.6 is 58.0 Å². The normalized spacial score (nSPS) is 11.9. The van der Waals surface area contributed by atoms with Gasteiger partial charge in [-0.05, 0) is 0 Å². The fraction of sp³-hybridized carbons (Fsp3) is 0.333. The topological polar surface area (TPSA) is 50.7 Å². The molecule has 0 atom stereocenters. The van der Waals surface area contributed by atoms with Gasteiger partial charge in [-0.2, -0.15) is 0 Å². The fourth-order valence-electron chi connectivity index (χ4n) is 1.22. The highest BCUT2D eigenvalue weighted by Crippen LogP contribution is 2.36. The molecule has 1 rings (SSSR count). The van der Waals surface area contributed by atoms with E-state index in [0.717, 1.165) is 0 Å². The van der Waals surface area contributed by atoms with E-state index in [1.165, 1.54) is 12.1 Å². The molecule has 2 N–H and O–H groups in total. The Bertz CT molecular complexity index is 467. The molecule has 4 nitrogen and oxygen atoms in total. The van der Waals surface area contributed by atoms with E-state index >= 15 is 0 Å². The minimum atomic E-state index is -1.46. The van der Waals surface area contributed by atoms with Crippen molar-refractivity contribution < 1.29 is 14.7 Å². The first-order chi connectivity index (χ1) is 9.79. The van der Waals surface area contributed by atoms with Crippen molar-refractivity contribution in [1.29, 1.82) is 0 Å². The van der Waals surface area contributed by atoms with Crippen LogP contribution in [0.25, 0.3) is 0 Å². The highest BCUT2D eigenvalue weighted by molar-refractivity contribution is 6.67. The van der Waals surface area contributed by atoms with Gasteiger partial charge in [0.25, 0.3) is 0 Å². The van der Waals surface area contributed by atoms with Crippen LogP contribution in [0.15, 0.2) is 24.4 Å². The Balaban J connectivity index is 2.26. The van der Waals surface area contributed by atoms with Crippen molar-refractivity contribution in [3.8, 4) is 11.5 Å². The number of ether oxygens (including phenoxy) is 1. The number of nitrogens with one attached hydrogen (secondary N) is 1. The van der Waals surface area contributed by atoms with Gasteiger partial charge >= 0.3 is 0 Å². The predicted octanol–water partition coefficient (Wildman–Crippen LogP) is 4.87. The molecule has 0 aliphatic carbocycles. The van der Waals surface area contributed by atoms with Crippen molar-refractivity contribution >= 4 is 58.0 Å². The van der Waals surface area contributed by atoms with Crippen molar-refractivity contribution in [2.24, 2.45) is 0 Å². The monoisotopic (exact) mass is 393 g/mol. The quantitative estimate of drug-likeness (QED) is 0.393. The number of hydroxylamine groups is 1. The second kappa shape index (κ2) is 9.03. The van der Waals surface area contributed by atoms with Crippen molar-refractivity contribution in [2.45, 2.75) is 10.2 Å². The number of hydrogen-bond acceptors (Lipinski definition) is 4. The van der Waals surface area contributed by atoms with Crippen LogP contribution < -0.4 is 10.2 Å². The standard InChI is InChI=1S/C12H12Cl5NO3/c13-9-5-8(19)6-10(14)11(9)20-4-2-1-3-18-21-7-12(15,16)17/h1,3,5-6,18-19H,2,4,7H2. The Kier molecular flexibility index (Phi) is 8.09. The Morgan fingerprint density at radius 2 is 1.81 bits per heavy atom. The van der Waals surface area contributed by atoms with Crippen LogP contribution in [0.1, 0.15) is 6.42 Å². The molecule has 21 heavy (non-hydrogen) atoms. The van der Waals surface area contributed by atoms with Crippen LogP contribution in [0.3, 0.4) is 0 Å². The molecule has 0 saturated carbocycles. The van der Waals surface area contributed by atoms with Gasteiger partial charge in [-0.25, -0.2) is 0 Å². The third kappa shape index (κ3) is 8.10.